The van der Waals surface area contributed by atoms with Crippen molar-refractivity contribution in [1.82, 2.24) is 0 Å². The van der Waals surface area contributed by atoms with Gasteiger partial charge in [-0.15, -0.1) is 0 Å². The molecule has 4 aromatic carbocycles. The lowest BCUT2D eigenvalue weighted by Crippen LogP contribution is -3.61. The Bertz CT molecular complexity index is 1400. The molecule has 4 nitrogen and oxygen atoms in total. The van der Waals surface area contributed by atoms with E-state index in [-0.39, 0.29) is 11.5 Å². The first kappa shape index (κ1) is 27.0. The normalized spacial score (nSPS) is 11.9. The van der Waals surface area contributed by atoms with Gasteiger partial charge in [0, 0.05) is 7.14 Å². The van der Waals surface area contributed by atoms with Gasteiger partial charge in [0.15, 0.2) is 26.8 Å². The van der Waals surface area contributed by atoms with E-state index in [1.165, 1.54) is 0 Å². The molecule has 0 aromatic heterocycles. The molecule has 35 heavy (non-hydrogen) atoms. The van der Waals surface area contributed by atoms with E-state index in [4.69, 9.17) is 0 Å². The Balaban J connectivity index is 1.42. The molecule has 0 saturated heterocycles. The largest absolute Gasteiger partial charge is 0.357 e. The molecule has 0 fully saturated rings. The van der Waals surface area contributed by atoms with Crippen molar-refractivity contribution >= 4 is 64.9 Å². The van der Waals surface area contributed by atoms with Crippen LogP contribution < -0.4 is 21.2 Å². The molecule has 0 aliphatic heterocycles. The molecule has 0 bridgehead atoms. The van der Waals surface area contributed by atoms with E-state index < -0.39 is 40.9 Å². The summed E-state index contributed by atoms with van der Waals surface area (Å²) >= 11 is 3.82. The van der Waals surface area contributed by atoms with Crippen LogP contribution in [0.25, 0.3) is 0 Å². The van der Waals surface area contributed by atoms with Crippen LogP contribution in [0, 0.1) is 14.3 Å². The Morgan fingerprint density at radius 1 is 0.486 bits per heavy atom. The van der Waals surface area contributed by atoms with Gasteiger partial charge in [-0.05, 0) is 129 Å². The third-order valence-electron chi connectivity index (χ3n) is 5.10. The lowest BCUT2D eigenvalue weighted by atomic mass is 10.2. The van der Waals surface area contributed by atoms with Gasteiger partial charge in [-0.2, -0.15) is 0 Å². The maximum Gasteiger partial charge on any atom is 0.357 e. The first-order chi connectivity index (χ1) is 16.6. The fourth-order valence-corrected chi connectivity index (χ4v) is 8.88. The van der Waals surface area contributed by atoms with Crippen molar-refractivity contribution < 1.29 is 38.0 Å². The quantitative estimate of drug-likeness (QED) is 0.257. The molecular formula is C26H20I3O4S2+. The highest BCUT2D eigenvalue weighted by Crippen LogP contribution is 2.18. The Morgan fingerprint density at radius 2 is 0.800 bits per heavy atom. The van der Waals surface area contributed by atoms with E-state index in [9.17, 15) is 16.8 Å². The molecule has 0 unspecified atom stereocenters. The van der Waals surface area contributed by atoms with E-state index in [2.05, 4.69) is 45.2 Å². The van der Waals surface area contributed by atoms with Crippen LogP contribution in [0.1, 0.15) is 11.1 Å². The molecule has 0 heterocycles. The summed E-state index contributed by atoms with van der Waals surface area (Å²) in [6.07, 6.45) is 0. The smallest absolute Gasteiger partial charge is 0.223 e. The molecule has 0 spiro atoms. The van der Waals surface area contributed by atoms with Crippen LogP contribution in [0.15, 0.2) is 107 Å². The first-order valence-electron chi connectivity index (χ1n) is 10.4. The zero-order valence-electron chi connectivity index (χ0n) is 18.2. The second-order valence-electron chi connectivity index (χ2n) is 7.77. The fourth-order valence-electron chi connectivity index (χ4n) is 3.30. The topological polar surface area (TPSA) is 68.3 Å². The van der Waals surface area contributed by atoms with Crippen LogP contribution in [0.4, 0.5) is 0 Å². The molecule has 180 valence electrons. The van der Waals surface area contributed by atoms with Gasteiger partial charge >= 0.3 is 21.2 Å². The van der Waals surface area contributed by atoms with Gasteiger partial charge in [0.2, 0.25) is 0 Å². The molecule has 0 N–H and O–H groups in total. The van der Waals surface area contributed by atoms with Gasteiger partial charge in [0.1, 0.15) is 0 Å². The molecule has 4 aromatic rings. The number of halogens is 3. The number of sulfone groups is 2. The average molecular weight is 841 g/mol. The van der Waals surface area contributed by atoms with Crippen molar-refractivity contribution in [2.45, 2.75) is 21.3 Å². The van der Waals surface area contributed by atoms with Gasteiger partial charge in [-0.25, -0.2) is 16.8 Å². The summed E-state index contributed by atoms with van der Waals surface area (Å²) in [6.45, 7) is 0. The van der Waals surface area contributed by atoms with Crippen LogP contribution >= 0.6 is 45.2 Å². The fraction of sp³-hybridized carbons (Fsp3) is 0.0769. The SMILES string of the molecule is O=S(=O)(Cc1ccc(I)cc1)c1ccc([I+]c2ccc(S(=O)(=O)Cc3ccc(I)cc3)cc2)cc1. The van der Waals surface area contributed by atoms with Gasteiger partial charge in [-0.3, -0.25) is 0 Å². The summed E-state index contributed by atoms with van der Waals surface area (Å²) in [5.41, 5.74) is 1.53. The summed E-state index contributed by atoms with van der Waals surface area (Å²) < 4.78 is 55.4. The van der Waals surface area contributed by atoms with Gasteiger partial charge in [0.25, 0.3) is 0 Å². The van der Waals surface area contributed by atoms with Crippen LogP contribution in [0.3, 0.4) is 0 Å². The molecule has 0 saturated carbocycles. The molecule has 0 radical (unpaired) electrons. The minimum absolute atomic E-state index is 0.0313. The van der Waals surface area contributed by atoms with E-state index in [0.717, 1.165) is 25.4 Å². The highest BCUT2D eigenvalue weighted by atomic mass is 127. The van der Waals surface area contributed by atoms with Crippen molar-refractivity contribution in [2.24, 2.45) is 0 Å². The molecule has 0 atom stereocenters. The van der Waals surface area contributed by atoms with Crippen molar-refractivity contribution in [3.05, 3.63) is 122 Å². The molecule has 0 amide bonds. The second-order valence-corrected chi connectivity index (χ2v) is 17.3. The lowest BCUT2D eigenvalue weighted by molar-refractivity contribution is -0.597. The minimum atomic E-state index is -3.42. The first-order valence-corrected chi connectivity index (χ1v) is 18.0. The van der Waals surface area contributed by atoms with Crippen molar-refractivity contribution in [3.8, 4) is 0 Å². The second kappa shape index (κ2) is 11.6. The predicted molar refractivity (Wildman–Crippen MR) is 150 cm³/mol. The van der Waals surface area contributed by atoms with Crippen LogP contribution in [-0.4, -0.2) is 16.8 Å². The molecule has 4 rings (SSSR count). The maximum absolute atomic E-state index is 12.8. The summed E-state index contributed by atoms with van der Waals surface area (Å²) in [5.74, 6) is -0.0626. The van der Waals surface area contributed by atoms with E-state index in [1.54, 1.807) is 24.3 Å². The zero-order chi connectivity index (χ0) is 25.1. The number of benzene rings is 4. The highest BCUT2D eigenvalue weighted by molar-refractivity contribution is 14.1. The third kappa shape index (κ3) is 7.49. The van der Waals surface area contributed by atoms with E-state index in [1.807, 2.05) is 72.8 Å². The molecule has 9 heteroatoms. The summed E-state index contributed by atoms with van der Waals surface area (Å²) in [7, 11) is -6.85. The Kier molecular flexibility index (Phi) is 8.93. The third-order valence-corrected chi connectivity index (χ3v) is 12.6. The summed E-state index contributed by atoms with van der Waals surface area (Å²) in [6, 6.07) is 29.0. The Morgan fingerprint density at radius 3 is 1.11 bits per heavy atom. The van der Waals surface area contributed by atoms with Gasteiger partial charge in [-0.1, -0.05) is 24.3 Å². The van der Waals surface area contributed by atoms with Crippen LogP contribution in [-0.2, 0) is 31.2 Å². The summed E-state index contributed by atoms with van der Waals surface area (Å²) in [5, 5.41) is 0. The Labute approximate surface area is 243 Å². The van der Waals surface area contributed by atoms with Gasteiger partial charge < -0.3 is 0 Å². The number of hydrogen-bond donors (Lipinski definition) is 0. The number of rotatable bonds is 8. The highest BCUT2D eigenvalue weighted by Gasteiger charge is 2.21. The zero-order valence-corrected chi connectivity index (χ0v) is 26.3. The van der Waals surface area contributed by atoms with Crippen molar-refractivity contribution in [3.63, 3.8) is 0 Å². The lowest BCUT2D eigenvalue weighted by Gasteiger charge is -2.05. The minimum Gasteiger partial charge on any atom is -0.223 e. The van der Waals surface area contributed by atoms with Crippen LogP contribution in [0.5, 0.6) is 0 Å². The van der Waals surface area contributed by atoms with E-state index in [0.29, 0.717) is 9.79 Å². The summed E-state index contributed by atoms with van der Waals surface area (Å²) in [4.78, 5) is 0.613. The predicted octanol–water partition coefficient (Wildman–Crippen LogP) is 2.97. The molecular weight excluding hydrogens is 821 g/mol. The van der Waals surface area contributed by atoms with Crippen molar-refractivity contribution in [1.29, 1.82) is 0 Å². The average Bonchev–Trinajstić information content (AvgIpc) is 2.82. The van der Waals surface area contributed by atoms with Crippen molar-refractivity contribution in [2.75, 3.05) is 0 Å². The standard InChI is InChI=1S/C26H20I3O4S2/c27-21-5-1-19(2-6-21)17-34(30,31)25-13-9-23(10-14-25)29-24-11-15-26(16-12-24)35(32,33)18-20-3-7-22(28)8-4-20/h1-16H,17-18H2/q+1. The molecule has 0 aliphatic carbocycles. The number of hydrogen-bond acceptors (Lipinski definition) is 4. The van der Waals surface area contributed by atoms with Gasteiger partial charge in [0.05, 0.1) is 21.3 Å². The maximum atomic E-state index is 12.8. The Hall–Kier alpha value is -1.03. The van der Waals surface area contributed by atoms with E-state index >= 15 is 0 Å². The van der Waals surface area contributed by atoms with Crippen LogP contribution in [0.2, 0.25) is 0 Å². The monoisotopic (exact) mass is 841 g/mol. The molecule has 0 aliphatic rings.